The zero-order valence-electron chi connectivity index (χ0n) is 9.56. The van der Waals surface area contributed by atoms with Crippen LogP contribution in [0.4, 0.5) is 4.79 Å². The maximum Gasteiger partial charge on any atom is 0.414 e. The Bertz CT molecular complexity index is 255. The van der Waals surface area contributed by atoms with E-state index in [2.05, 4.69) is 0 Å². The summed E-state index contributed by atoms with van der Waals surface area (Å²) in [6.45, 7) is 5.78. The molecule has 1 amide bonds. The Hall–Kier alpha value is -1.03. The highest BCUT2D eigenvalue weighted by Gasteiger charge is 2.23. The second-order valence-corrected chi connectivity index (χ2v) is 4.75. The van der Waals surface area contributed by atoms with E-state index in [9.17, 15) is 9.90 Å². The molecule has 4 nitrogen and oxygen atoms in total. The Morgan fingerprint density at radius 2 is 2.20 bits per heavy atom. The molecule has 1 unspecified atom stereocenters. The summed E-state index contributed by atoms with van der Waals surface area (Å²) in [5, 5.41) is 9.52. The van der Waals surface area contributed by atoms with Crippen LogP contribution in [0.3, 0.4) is 0 Å². The van der Waals surface area contributed by atoms with E-state index in [0.717, 1.165) is 6.42 Å². The average Bonchev–Trinajstić information content (AvgIpc) is 2.26. The van der Waals surface area contributed by atoms with E-state index < -0.39 is 17.8 Å². The van der Waals surface area contributed by atoms with Crippen LogP contribution in [0.25, 0.3) is 0 Å². The van der Waals surface area contributed by atoms with Crippen molar-refractivity contribution in [2.24, 2.45) is 0 Å². The van der Waals surface area contributed by atoms with Crippen LogP contribution in [0.2, 0.25) is 0 Å². The highest BCUT2D eigenvalue weighted by atomic mass is 16.6. The number of nitrogens with zero attached hydrogens (tertiary/aromatic N) is 1. The number of aliphatic hydroxyl groups is 1. The van der Waals surface area contributed by atoms with Gasteiger partial charge in [-0.25, -0.2) is 4.79 Å². The highest BCUT2D eigenvalue weighted by Crippen LogP contribution is 2.13. The summed E-state index contributed by atoms with van der Waals surface area (Å²) in [5.41, 5.74) is -0.498. The maximum atomic E-state index is 11.7. The number of hydrogen-bond donors (Lipinski definition) is 1. The first-order chi connectivity index (χ1) is 6.88. The highest BCUT2D eigenvalue weighted by molar-refractivity contribution is 5.69. The van der Waals surface area contributed by atoms with Gasteiger partial charge in [0.1, 0.15) is 5.60 Å². The molecular weight excluding hydrogens is 194 g/mol. The van der Waals surface area contributed by atoms with Gasteiger partial charge in [-0.15, -0.1) is 0 Å². The quantitative estimate of drug-likeness (QED) is 0.668. The van der Waals surface area contributed by atoms with E-state index in [4.69, 9.17) is 4.74 Å². The largest absolute Gasteiger partial charge is 0.443 e. The van der Waals surface area contributed by atoms with Crippen LogP contribution in [-0.2, 0) is 4.74 Å². The Morgan fingerprint density at radius 3 is 2.80 bits per heavy atom. The van der Waals surface area contributed by atoms with Crippen molar-refractivity contribution in [1.82, 2.24) is 4.90 Å². The Kier molecular flexibility index (Phi) is 3.74. The van der Waals surface area contributed by atoms with Crippen molar-refractivity contribution >= 4 is 6.09 Å². The van der Waals surface area contributed by atoms with Gasteiger partial charge in [0.05, 0.1) is 12.6 Å². The summed E-state index contributed by atoms with van der Waals surface area (Å²) in [6, 6.07) is 0. The van der Waals surface area contributed by atoms with Gasteiger partial charge in [0.2, 0.25) is 0 Å². The van der Waals surface area contributed by atoms with Crippen LogP contribution in [0.15, 0.2) is 12.3 Å². The molecule has 1 aliphatic rings. The summed E-state index contributed by atoms with van der Waals surface area (Å²) < 4.78 is 5.21. The Labute approximate surface area is 90.5 Å². The third-order valence-corrected chi connectivity index (χ3v) is 1.99. The van der Waals surface area contributed by atoms with Gasteiger partial charge in [0.15, 0.2) is 0 Å². The van der Waals surface area contributed by atoms with Crippen LogP contribution in [0, 0.1) is 0 Å². The van der Waals surface area contributed by atoms with E-state index in [1.165, 1.54) is 4.90 Å². The number of allylic oxidation sites excluding steroid dienone is 1. The number of carbonyl (C=O) groups excluding carboxylic acids is 1. The number of aliphatic hydroxyl groups excluding tert-OH is 1. The summed E-state index contributed by atoms with van der Waals surface area (Å²) in [7, 11) is 0. The third-order valence-electron chi connectivity index (χ3n) is 1.99. The molecule has 1 atom stereocenters. The lowest BCUT2D eigenvalue weighted by atomic mass is 10.2. The molecule has 0 saturated carbocycles. The minimum atomic E-state index is -0.498. The number of rotatable bonds is 0. The lowest BCUT2D eigenvalue weighted by Gasteiger charge is -2.25. The summed E-state index contributed by atoms with van der Waals surface area (Å²) in [6.07, 6.45) is 4.17. The van der Waals surface area contributed by atoms with Crippen molar-refractivity contribution in [3.63, 3.8) is 0 Å². The first-order valence-corrected chi connectivity index (χ1v) is 5.23. The fraction of sp³-hybridized carbons (Fsp3) is 0.727. The monoisotopic (exact) mass is 213 g/mol. The van der Waals surface area contributed by atoms with Crippen molar-refractivity contribution in [3.8, 4) is 0 Å². The summed E-state index contributed by atoms with van der Waals surface area (Å²) in [5.74, 6) is 0. The van der Waals surface area contributed by atoms with Gasteiger partial charge in [-0.1, -0.05) is 6.08 Å². The molecule has 1 aliphatic heterocycles. The van der Waals surface area contributed by atoms with E-state index in [-0.39, 0.29) is 0 Å². The normalized spacial score (nSPS) is 22.4. The second-order valence-electron chi connectivity index (χ2n) is 4.75. The molecule has 15 heavy (non-hydrogen) atoms. The standard InChI is InChI=1S/C11H19NO3/c1-11(2,3)15-10(14)12-7-5-4-6-9(13)8-12/h5,7,9,13H,4,6,8H2,1-3H3. The van der Waals surface area contributed by atoms with Gasteiger partial charge in [-0.05, 0) is 33.6 Å². The van der Waals surface area contributed by atoms with Crippen molar-refractivity contribution in [3.05, 3.63) is 12.3 Å². The third kappa shape index (κ3) is 4.34. The maximum absolute atomic E-state index is 11.7. The predicted molar refractivity (Wildman–Crippen MR) is 57.3 cm³/mol. The van der Waals surface area contributed by atoms with Gasteiger partial charge < -0.3 is 9.84 Å². The fourth-order valence-corrected chi connectivity index (χ4v) is 1.33. The molecule has 0 aromatic heterocycles. The molecule has 1 rings (SSSR count). The van der Waals surface area contributed by atoms with Gasteiger partial charge in [0, 0.05) is 6.20 Å². The van der Waals surface area contributed by atoms with Crippen LogP contribution < -0.4 is 0 Å². The minimum Gasteiger partial charge on any atom is -0.443 e. The van der Waals surface area contributed by atoms with Gasteiger partial charge >= 0.3 is 6.09 Å². The molecule has 0 bridgehead atoms. The molecule has 0 radical (unpaired) electrons. The van der Waals surface area contributed by atoms with Crippen LogP contribution in [0.5, 0.6) is 0 Å². The zero-order chi connectivity index (χ0) is 11.5. The minimum absolute atomic E-state index is 0.311. The van der Waals surface area contributed by atoms with E-state index in [1.54, 1.807) is 6.20 Å². The van der Waals surface area contributed by atoms with Crippen molar-refractivity contribution in [2.75, 3.05) is 6.54 Å². The lowest BCUT2D eigenvalue weighted by molar-refractivity contribution is 0.0256. The molecule has 1 heterocycles. The molecule has 4 heteroatoms. The smallest absolute Gasteiger partial charge is 0.414 e. The van der Waals surface area contributed by atoms with Crippen molar-refractivity contribution in [1.29, 1.82) is 0 Å². The number of carbonyl (C=O) groups is 1. The van der Waals surface area contributed by atoms with Crippen LogP contribution in [-0.4, -0.2) is 34.3 Å². The van der Waals surface area contributed by atoms with Crippen molar-refractivity contribution in [2.45, 2.75) is 45.3 Å². The zero-order valence-corrected chi connectivity index (χ0v) is 9.56. The lowest BCUT2D eigenvalue weighted by Crippen LogP contribution is -2.37. The number of ether oxygens (including phenoxy) is 1. The van der Waals surface area contributed by atoms with E-state index in [1.807, 2.05) is 26.8 Å². The molecule has 0 saturated heterocycles. The van der Waals surface area contributed by atoms with Gasteiger partial charge in [-0.2, -0.15) is 0 Å². The molecule has 0 aliphatic carbocycles. The van der Waals surface area contributed by atoms with Crippen LogP contribution >= 0.6 is 0 Å². The van der Waals surface area contributed by atoms with Crippen LogP contribution in [0.1, 0.15) is 33.6 Å². The topological polar surface area (TPSA) is 49.8 Å². The Morgan fingerprint density at radius 1 is 1.53 bits per heavy atom. The average molecular weight is 213 g/mol. The molecule has 0 fully saturated rings. The summed E-state index contributed by atoms with van der Waals surface area (Å²) in [4.78, 5) is 13.1. The van der Waals surface area contributed by atoms with Gasteiger partial charge in [-0.3, -0.25) is 4.90 Å². The fourth-order valence-electron chi connectivity index (χ4n) is 1.33. The number of hydrogen-bond acceptors (Lipinski definition) is 3. The molecular formula is C11H19NO3. The second kappa shape index (κ2) is 4.66. The molecule has 86 valence electrons. The summed E-state index contributed by atoms with van der Waals surface area (Å²) >= 11 is 0. The first-order valence-electron chi connectivity index (χ1n) is 5.23. The number of β-amino-alcohol motifs (C(OH)–C–C–N with tert-alkyl or cyclic N) is 1. The van der Waals surface area contributed by atoms with E-state index >= 15 is 0 Å². The Balaban J connectivity index is 2.58. The molecule has 0 spiro atoms. The van der Waals surface area contributed by atoms with E-state index in [0.29, 0.717) is 13.0 Å². The molecule has 0 aromatic rings. The molecule has 0 aromatic carbocycles. The number of amides is 1. The SMILES string of the molecule is CC(C)(C)OC(=O)N1C=CCCC(O)C1. The van der Waals surface area contributed by atoms with Crippen molar-refractivity contribution < 1.29 is 14.6 Å². The predicted octanol–water partition coefficient (Wildman–Crippen LogP) is 1.89. The first kappa shape index (κ1) is 12.0. The van der Waals surface area contributed by atoms with Gasteiger partial charge in [0.25, 0.3) is 0 Å². The molecule has 1 N–H and O–H groups in total.